The van der Waals surface area contributed by atoms with Crippen molar-refractivity contribution in [3.8, 4) is 0 Å². The van der Waals surface area contributed by atoms with Gasteiger partial charge in [-0.05, 0) is 42.5 Å². The fraction of sp³-hybridized carbons (Fsp3) is 0.0667. The SMILES string of the molecule is O=C(O)c1ccc(C(=O)NCc2cc(F)ccc2F)cc1. The molecule has 0 fully saturated rings. The number of aromatic carboxylic acids is 1. The van der Waals surface area contributed by atoms with E-state index in [1.807, 2.05) is 0 Å². The first-order chi connectivity index (χ1) is 9.97. The number of carbonyl (C=O) groups excluding carboxylic acids is 1. The van der Waals surface area contributed by atoms with E-state index in [0.29, 0.717) is 0 Å². The van der Waals surface area contributed by atoms with Crippen LogP contribution in [0, 0.1) is 11.6 Å². The molecule has 4 nitrogen and oxygen atoms in total. The molecule has 1 amide bonds. The molecule has 0 aliphatic heterocycles. The minimum absolute atomic E-state index is 0.0329. The summed E-state index contributed by atoms with van der Waals surface area (Å²) < 4.78 is 26.4. The van der Waals surface area contributed by atoms with Crippen molar-refractivity contribution in [3.05, 3.63) is 70.8 Å². The van der Waals surface area contributed by atoms with Crippen LogP contribution in [0.25, 0.3) is 0 Å². The van der Waals surface area contributed by atoms with E-state index >= 15 is 0 Å². The van der Waals surface area contributed by atoms with E-state index in [1.54, 1.807) is 0 Å². The summed E-state index contributed by atoms with van der Waals surface area (Å²) in [5.74, 6) is -2.80. The number of carboxylic acid groups (broad SMARTS) is 1. The lowest BCUT2D eigenvalue weighted by atomic mass is 10.1. The summed E-state index contributed by atoms with van der Waals surface area (Å²) >= 11 is 0. The van der Waals surface area contributed by atoms with Gasteiger partial charge in [-0.15, -0.1) is 0 Å². The summed E-state index contributed by atoms with van der Waals surface area (Å²) in [7, 11) is 0. The second-order valence-corrected chi connectivity index (χ2v) is 4.30. The summed E-state index contributed by atoms with van der Waals surface area (Å²) in [6.45, 7) is -0.164. The van der Waals surface area contributed by atoms with E-state index in [2.05, 4.69) is 5.32 Å². The third-order valence-corrected chi connectivity index (χ3v) is 2.84. The first kappa shape index (κ1) is 14.6. The quantitative estimate of drug-likeness (QED) is 0.910. The van der Waals surface area contributed by atoms with E-state index < -0.39 is 23.5 Å². The Morgan fingerprint density at radius 3 is 2.24 bits per heavy atom. The number of carboxylic acids is 1. The highest BCUT2D eigenvalue weighted by Gasteiger charge is 2.09. The van der Waals surface area contributed by atoms with Gasteiger partial charge < -0.3 is 10.4 Å². The fourth-order valence-electron chi connectivity index (χ4n) is 1.72. The van der Waals surface area contributed by atoms with Crippen molar-refractivity contribution in [1.82, 2.24) is 5.32 Å². The molecule has 0 spiro atoms. The number of amides is 1. The molecule has 2 N–H and O–H groups in total. The van der Waals surface area contributed by atoms with Crippen molar-refractivity contribution in [3.63, 3.8) is 0 Å². The molecule has 2 aromatic carbocycles. The van der Waals surface area contributed by atoms with Crippen molar-refractivity contribution < 1.29 is 23.5 Å². The molecule has 21 heavy (non-hydrogen) atoms. The summed E-state index contributed by atoms with van der Waals surface area (Å²) in [5.41, 5.74) is 0.324. The number of carbonyl (C=O) groups is 2. The molecule has 0 atom stereocenters. The van der Waals surface area contributed by atoms with Crippen LogP contribution >= 0.6 is 0 Å². The molecule has 2 rings (SSSR count). The predicted molar refractivity (Wildman–Crippen MR) is 70.9 cm³/mol. The van der Waals surface area contributed by atoms with E-state index in [4.69, 9.17) is 5.11 Å². The van der Waals surface area contributed by atoms with Gasteiger partial charge >= 0.3 is 5.97 Å². The number of benzene rings is 2. The molecule has 0 aliphatic rings. The average molecular weight is 291 g/mol. The standard InChI is InChI=1S/C15H11F2NO3/c16-12-5-6-13(17)11(7-12)8-18-14(19)9-1-3-10(4-2-9)15(20)21/h1-7H,8H2,(H,18,19)(H,20,21). The minimum Gasteiger partial charge on any atom is -0.478 e. The van der Waals surface area contributed by atoms with Crippen LogP contribution in [0.3, 0.4) is 0 Å². The first-order valence-corrected chi connectivity index (χ1v) is 6.03. The van der Waals surface area contributed by atoms with Gasteiger partial charge in [0.15, 0.2) is 0 Å². The van der Waals surface area contributed by atoms with Crippen LogP contribution in [0.1, 0.15) is 26.3 Å². The smallest absolute Gasteiger partial charge is 0.335 e. The summed E-state index contributed by atoms with van der Waals surface area (Å²) in [6.07, 6.45) is 0. The van der Waals surface area contributed by atoms with Gasteiger partial charge in [0.05, 0.1) is 5.56 Å². The van der Waals surface area contributed by atoms with Gasteiger partial charge in [0, 0.05) is 17.7 Å². The van der Waals surface area contributed by atoms with Gasteiger partial charge in [0.1, 0.15) is 11.6 Å². The third kappa shape index (κ3) is 3.62. The van der Waals surface area contributed by atoms with Crippen molar-refractivity contribution in [2.24, 2.45) is 0 Å². The van der Waals surface area contributed by atoms with E-state index in [9.17, 15) is 18.4 Å². The lowest BCUT2D eigenvalue weighted by molar-refractivity contribution is 0.0696. The minimum atomic E-state index is -1.09. The summed E-state index contributed by atoms with van der Waals surface area (Å²) in [6, 6.07) is 8.26. The van der Waals surface area contributed by atoms with Crippen LogP contribution in [-0.2, 0) is 6.54 Å². The Morgan fingerprint density at radius 1 is 1.00 bits per heavy atom. The zero-order valence-electron chi connectivity index (χ0n) is 10.8. The number of nitrogens with one attached hydrogen (secondary N) is 1. The van der Waals surface area contributed by atoms with Crippen LogP contribution in [0.4, 0.5) is 8.78 Å². The Kier molecular flexibility index (Phi) is 4.27. The number of halogens is 2. The molecule has 0 aromatic heterocycles. The van der Waals surface area contributed by atoms with Crippen molar-refractivity contribution in [1.29, 1.82) is 0 Å². The van der Waals surface area contributed by atoms with Gasteiger partial charge in [-0.3, -0.25) is 4.79 Å². The van der Waals surface area contributed by atoms with Gasteiger partial charge in [-0.25, -0.2) is 13.6 Å². The van der Waals surface area contributed by atoms with Crippen molar-refractivity contribution >= 4 is 11.9 Å². The van der Waals surface area contributed by atoms with Crippen molar-refractivity contribution in [2.75, 3.05) is 0 Å². The van der Waals surface area contributed by atoms with E-state index in [1.165, 1.54) is 24.3 Å². The van der Waals surface area contributed by atoms with Crippen LogP contribution in [-0.4, -0.2) is 17.0 Å². The highest BCUT2D eigenvalue weighted by atomic mass is 19.1. The maximum atomic E-state index is 13.4. The second-order valence-electron chi connectivity index (χ2n) is 4.30. The monoisotopic (exact) mass is 291 g/mol. The van der Waals surface area contributed by atoms with Crippen LogP contribution < -0.4 is 5.32 Å². The third-order valence-electron chi connectivity index (χ3n) is 2.84. The molecule has 6 heteroatoms. The molecule has 0 unspecified atom stereocenters. The first-order valence-electron chi connectivity index (χ1n) is 6.03. The molecule has 108 valence electrons. The molecule has 0 bridgehead atoms. The van der Waals surface area contributed by atoms with Crippen LogP contribution in [0.15, 0.2) is 42.5 Å². The Balaban J connectivity index is 2.04. The maximum Gasteiger partial charge on any atom is 0.335 e. The largest absolute Gasteiger partial charge is 0.478 e. The van der Waals surface area contributed by atoms with Crippen molar-refractivity contribution in [2.45, 2.75) is 6.54 Å². The molecule has 0 aliphatic carbocycles. The number of rotatable bonds is 4. The van der Waals surface area contributed by atoms with Crippen LogP contribution in [0.5, 0.6) is 0 Å². The highest BCUT2D eigenvalue weighted by Crippen LogP contribution is 2.10. The lowest BCUT2D eigenvalue weighted by Gasteiger charge is -2.07. The van der Waals surface area contributed by atoms with E-state index in [-0.39, 0.29) is 23.2 Å². The second kappa shape index (κ2) is 6.13. The van der Waals surface area contributed by atoms with Gasteiger partial charge in [0.2, 0.25) is 0 Å². The Morgan fingerprint density at radius 2 is 1.62 bits per heavy atom. The predicted octanol–water partition coefficient (Wildman–Crippen LogP) is 2.59. The number of hydrogen-bond donors (Lipinski definition) is 2. The molecule has 0 saturated carbocycles. The normalized spacial score (nSPS) is 10.2. The molecule has 0 saturated heterocycles. The number of hydrogen-bond acceptors (Lipinski definition) is 2. The maximum absolute atomic E-state index is 13.4. The Labute approximate surface area is 119 Å². The Bertz CT molecular complexity index is 684. The molecular formula is C15H11F2NO3. The Hall–Kier alpha value is -2.76. The fourth-order valence-corrected chi connectivity index (χ4v) is 1.72. The molecular weight excluding hydrogens is 280 g/mol. The zero-order valence-corrected chi connectivity index (χ0v) is 10.8. The average Bonchev–Trinajstić information content (AvgIpc) is 2.48. The topological polar surface area (TPSA) is 66.4 Å². The molecule has 2 aromatic rings. The van der Waals surface area contributed by atoms with E-state index in [0.717, 1.165) is 18.2 Å². The van der Waals surface area contributed by atoms with Gasteiger partial charge in [0.25, 0.3) is 5.91 Å². The summed E-state index contributed by atoms with van der Waals surface area (Å²) in [4.78, 5) is 22.5. The zero-order chi connectivity index (χ0) is 15.4. The van der Waals surface area contributed by atoms with Gasteiger partial charge in [-0.2, -0.15) is 0 Å². The lowest BCUT2D eigenvalue weighted by Crippen LogP contribution is -2.23. The van der Waals surface area contributed by atoms with Crippen LogP contribution in [0.2, 0.25) is 0 Å². The highest BCUT2D eigenvalue weighted by molar-refractivity contribution is 5.95. The molecule has 0 radical (unpaired) electrons. The summed E-state index contributed by atoms with van der Waals surface area (Å²) in [5, 5.41) is 11.2. The van der Waals surface area contributed by atoms with Gasteiger partial charge in [-0.1, -0.05) is 0 Å². The molecule has 0 heterocycles.